The van der Waals surface area contributed by atoms with Crippen LogP contribution in [0.2, 0.25) is 10.3 Å². The summed E-state index contributed by atoms with van der Waals surface area (Å²) in [5, 5.41) is 0.580. The van der Waals surface area contributed by atoms with E-state index in [4.69, 9.17) is 27.9 Å². The van der Waals surface area contributed by atoms with Gasteiger partial charge in [-0.15, -0.1) is 0 Å². The van der Waals surface area contributed by atoms with Crippen LogP contribution in [0.5, 0.6) is 0 Å². The zero-order valence-corrected chi connectivity index (χ0v) is 9.97. The molecule has 0 aliphatic heterocycles. The second kappa shape index (κ2) is 5.33. The summed E-state index contributed by atoms with van der Waals surface area (Å²) in [6.07, 6.45) is 0. The third kappa shape index (κ3) is 4.06. The largest absolute Gasteiger partial charge is 0.461 e. The molecule has 15 heavy (non-hydrogen) atoms. The highest BCUT2D eigenvalue weighted by Gasteiger charge is 2.08. The van der Waals surface area contributed by atoms with E-state index in [0.717, 1.165) is 5.56 Å². The zero-order chi connectivity index (χ0) is 11.4. The van der Waals surface area contributed by atoms with Gasteiger partial charge in [-0.25, -0.2) is 4.98 Å². The number of carbonyl (C=O) groups is 1. The molecule has 1 aromatic heterocycles. The van der Waals surface area contributed by atoms with Gasteiger partial charge in [0.05, 0.1) is 5.92 Å². The van der Waals surface area contributed by atoms with Crippen molar-refractivity contribution in [3.63, 3.8) is 0 Å². The average molecular weight is 248 g/mol. The van der Waals surface area contributed by atoms with E-state index in [2.05, 4.69) is 4.98 Å². The highest BCUT2D eigenvalue weighted by Crippen LogP contribution is 2.15. The molecule has 0 unspecified atom stereocenters. The molecule has 5 heteroatoms. The molecule has 0 aromatic carbocycles. The highest BCUT2D eigenvalue weighted by atomic mass is 35.5. The van der Waals surface area contributed by atoms with Gasteiger partial charge in [0.2, 0.25) is 0 Å². The minimum Gasteiger partial charge on any atom is -0.461 e. The molecule has 3 nitrogen and oxygen atoms in total. The second-order valence-electron chi connectivity index (χ2n) is 3.38. The Kier molecular flexibility index (Phi) is 4.36. The van der Waals surface area contributed by atoms with E-state index in [9.17, 15) is 4.79 Å². The lowest BCUT2D eigenvalue weighted by atomic mass is 10.2. The third-order valence-corrected chi connectivity index (χ3v) is 2.06. The molecule has 82 valence electrons. The van der Waals surface area contributed by atoms with Gasteiger partial charge < -0.3 is 4.74 Å². The molecular formula is C10H11Cl2NO2. The van der Waals surface area contributed by atoms with E-state index in [1.165, 1.54) is 0 Å². The lowest BCUT2D eigenvalue weighted by molar-refractivity contribution is -0.148. The minimum absolute atomic E-state index is 0.141. The molecule has 0 aliphatic rings. The minimum atomic E-state index is -0.251. The summed E-state index contributed by atoms with van der Waals surface area (Å²) < 4.78 is 5.02. The molecule has 1 heterocycles. The van der Waals surface area contributed by atoms with Crippen LogP contribution < -0.4 is 0 Å². The topological polar surface area (TPSA) is 39.2 Å². The van der Waals surface area contributed by atoms with Crippen molar-refractivity contribution < 1.29 is 9.53 Å². The van der Waals surface area contributed by atoms with Crippen molar-refractivity contribution in [3.8, 4) is 0 Å². The molecule has 0 N–H and O–H groups in total. The number of rotatable bonds is 3. The number of nitrogens with zero attached hydrogens (tertiary/aromatic N) is 1. The normalized spacial score (nSPS) is 10.5. The Morgan fingerprint density at radius 2 is 1.93 bits per heavy atom. The number of hydrogen-bond acceptors (Lipinski definition) is 3. The van der Waals surface area contributed by atoms with E-state index in [1.54, 1.807) is 26.0 Å². The maximum absolute atomic E-state index is 11.2. The van der Waals surface area contributed by atoms with Gasteiger partial charge in [0.1, 0.15) is 16.9 Å². The lowest BCUT2D eigenvalue weighted by Gasteiger charge is -2.07. The fourth-order valence-electron chi connectivity index (χ4n) is 0.919. The number of hydrogen-bond donors (Lipinski definition) is 0. The molecule has 0 saturated heterocycles. The third-order valence-electron chi connectivity index (χ3n) is 1.68. The van der Waals surface area contributed by atoms with Gasteiger partial charge in [0.15, 0.2) is 0 Å². The van der Waals surface area contributed by atoms with Crippen molar-refractivity contribution >= 4 is 29.2 Å². The summed E-state index contributed by atoms with van der Waals surface area (Å²) in [6.45, 7) is 3.71. The molecule has 0 atom stereocenters. The Labute approximate surface area is 98.4 Å². The lowest BCUT2D eigenvalue weighted by Crippen LogP contribution is -2.11. The van der Waals surface area contributed by atoms with E-state index in [1.807, 2.05) is 0 Å². The van der Waals surface area contributed by atoms with Crippen LogP contribution in [0.15, 0.2) is 12.1 Å². The Balaban J connectivity index is 2.61. The van der Waals surface area contributed by atoms with Crippen LogP contribution in [0.3, 0.4) is 0 Å². The fraction of sp³-hybridized carbons (Fsp3) is 0.400. The van der Waals surface area contributed by atoms with Crippen LogP contribution in [0.1, 0.15) is 19.4 Å². The molecule has 0 radical (unpaired) electrons. The summed E-state index contributed by atoms with van der Waals surface area (Å²) in [5.74, 6) is -0.392. The summed E-state index contributed by atoms with van der Waals surface area (Å²) in [5.41, 5.74) is 0.731. The monoisotopic (exact) mass is 247 g/mol. The maximum atomic E-state index is 11.2. The summed E-state index contributed by atoms with van der Waals surface area (Å²) in [4.78, 5) is 15.0. The first-order valence-corrected chi connectivity index (χ1v) is 5.23. The first kappa shape index (κ1) is 12.3. The first-order valence-electron chi connectivity index (χ1n) is 4.47. The number of halogens is 2. The van der Waals surface area contributed by atoms with E-state index >= 15 is 0 Å². The zero-order valence-electron chi connectivity index (χ0n) is 8.46. The highest BCUT2D eigenvalue weighted by molar-refractivity contribution is 6.32. The molecule has 0 amide bonds. The van der Waals surface area contributed by atoms with Crippen molar-refractivity contribution in [1.82, 2.24) is 4.98 Å². The number of carbonyl (C=O) groups excluding carboxylic acids is 1. The van der Waals surface area contributed by atoms with Crippen LogP contribution in [0, 0.1) is 5.92 Å². The van der Waals surface area contributed by atoms with Crippen molar-refractivity contribution in [2.45, 2.75) is 20.5 Å². The maximum Gasteiger partial charge on any atom is 0.308 e. The Bertz CT molecular complexity index is 346. The van der Waals surface area contributed by atoms with Crippen molar-refractivity contribution in [3.05, 3.63) is 28.0 Å². The molecule has 0 bridgehead atoms. The standard InChI is InChI=1S/C10H11Cl2NO2/c1-6(2)10(14)15-5-7-3-8(11)13-9(12)4-7/h3-4,6H,5H2,1-2H3. The molecule has 0 aliphatic carbocycles. The number of pyridine rings is 1. The van der Waals surface area contributed by atoms with Crippen molar-refractivity contribution in [2.75, 3.05) is 0 Å². The SMILES string of the molecule is CC(C)C(=O)OCc1cc(Cl)nc(Cl)c1. The Hall–Kier alpha value is -0.800. The van der Waals surface area contributed by atoms with E-state index < -0.39 is 0 Å². The van der Waals surface area contributed by atoms with Gasteiger partial charge in [0, 0.05) is 0 Å². The van der Waals surface area contributed by atoms with Crippen LogP contribution >= 0.6 is 23.2 Å². The van der Waals surface area contributed by atoms with Gasteiger partial charge >= 0.3 is 5.97 Å². The summed E-state index contributed by atoms with van der Waals surface area (Å²) in [7, 11) is 0. The molecule has 0 saturated carbocycles. The molecule has 1 aromatic rings. The van der Waals surface area contributed by atoms with Gasteiger partial charge in [-0.3, -0.25) is 4.79 Å². The van der Waals surface area contributed by atoms with Crippen molar-refractivity contribution in [1.29, 1.82) is 0 Å². The van der Waals surface area contributed by atoms with Gasteiger partial charge in [-0.2, -0.15) is 0 Å². The van der Waals surface area contributed by atoms with E-state index in [0.29, 0.717) is 0 Å². The second-order valence-corrected chi connectivity index (χ2v) is 4.16. The van der Waals surface area contributed by atoms with Crippen LogP contribution in [-0.4, -0.2) is 11.0 Å². The number of aromatic nitrogens is 1. The van der Waals surface area contributed by atoms with E-state index in [-0.39, 0.29) is 28.8 Å². The van der Waals surface area contributed by atoms with Crippen molar-refractivity contribution in [2.24, 2.45) is 5.92 Å². The molecular weight excluding hydrogens is 237 g/mol. The predicted molar refractivity (Wildman–Crippen MR) is 58.9 cm³/mol. The smallest absolute Gasteiger partial charge is 0.308 e. The van der Waals surface area contributed by atoms with Gasteiger partial charge in [-0.05, 0) is 17.7 Å². The summed E-state index contributed by atoms with van der Waals surface area (Å²) in [6, 6.07) is 3.22. The van der Waals surface area contributed by atoms with Gasteiger partial charge in [0.25, 0.3) is 0 Å². The van der Waals surface area contributed by atoms with Crippen LogP contribution in [-0.2, 0) is 16.1 Å². The van der Waals surface area contributed by atoms with Crippen LogP contribution in [0.4, 0.5) is 0 Å². The first-order chi connectivity index (χ1) is 6.99. The summed E-state index contributed by atoms with van der Waals surface area (Å²) >= 11 is 11.4. The Morgan fingerprint density at radius 1 is 1.40 bits per heavy atom. The Morgan fingerprint density at radius 3 is 2.40 bits per heavy atom. The quantitative estimate of drug-likeness (QED) is 0.609. The van der Waals surface area contributed by atoms with Crippen LogP contribution in [0.25, 0.3) is 0 Å². The fourth-order valence-corrected chi connectivity index (χ4v) is 1.42. The molecule has 0 spiro atoms. The number of ether oxygens (including phenoxy) is 1. The molecule has 0 fully saturated rings. The predicted octanol–water partition coefficient (Wildman–Crippen LogP) is 3.09. The number of esters is 1. The average Bonchev–Trinajstić information content (AvgIpc) is 2.12. The molecule has 1 rings (SSSR count). The van der Waals surface area contributed by atoms with Gasteiger partial charge in [-0.1, -0.05) is 37.0 Å².